The van der Waals surface area contributed by atoms with Gasteiger partial charge in [-0.3, -0.25) is 0 Å². The second-order valence-electron chi connectivity index (χ2n) is 4.24. The molecule has 0 N–H and O–H groups in total. The van der Waals surface area contributed by atoms with E-state index in [1.165, 1.54) is 32.3 Å². The molecule has 0 saturated carbocycles. The average Bonchev–Trinajstić information content (AvgIpc) is 2.93. The molecule has 0 amide bonds. The number of rotatable bonds is 3. The predicted molar refractivity (Wildman–Crippen MR) is 89.2 cm³/mol. The Morgan fingerprint density at radius 1 is 0.952 bits per heavy atom. The maximum absolute atomic E-state index is 13.1. The van der Waals surface area contributed by atoms with Crippen LogP contribution in [-0.2, 0) is 0 Å². The Bertz CT molecular complexity index is 708. The molecule has 0 aliphatic heterocycles. The summed E-state index contributed by atoms with van der Waals surface area (Å²) < 4.78 is 14.4. The van der Waals surface area contributed by atoms with Crippen molar-refractivity contribution in [1.82, 2.24) is 0 Å². The van der Waals surface area contributed by atoms with Crippen molar-refractivity contribution in [2.45, 2.75) is 4.21 Å². The lowest BCUT2D eigenvalue weighted by Gasteiger charge is -2.02. The molecule has 1 heterocycles. The quantitative estimate of drug-likeness (QED) is 0.258. The normalized spacial score (nSPS) is 10.2. The number of thioether (sulfide) groups is 1. The largest absolute Gasteiger partial charge is 1.00 e. The summed E-state index contributed by atoms with van der Waals surface area (Å²) in [5.74, 6) is -0.194. The van der Waals surface area contributed by atoms with Crippen molar-refractivity contribution >= 4 is 32.4 Å². The van der Waals surface area contributed by atoms with Gasteiger partial charge in [0.15, 0.2) is 10.3 Å². The molecule has 0 nitrogen and oxygen atoms in total. The van der Waals surface area contributed by atoms with Crippen LogP contribution in [0.15, 0.2) is 58.8 Å². The van der Waals surface area contributed by atoms with E-state index in [0.29, 0.717) is 0 Å². The van der Waals surface area contributed by atoms with Gasteiger partial charge in [-0.25, -0.2) is 4.39 Å². The number of hydrogen-bond acceptors (Lipinski definition) is 2. The van der Waals surface area contributed by atoms with Crippen molar-refractivity contribution in [2.24, 2.45) is 0 Å². The Balaban J connectivity index is 0.00000161. The SMILES string of the molecule is CSc1[s+]sc(-c2ccc(F)cc2)c1-c1ccccc1.[I-]. The number of benzene rings is 2. The van der Waals surface area contributed by atoms with Gasteiger partial charge in [-0.15, -0.1) is 0 Å². The first-order valence-corrected chi connectivity index (χ1v) is 9.48. The van der Waals surface area contributed by atoms with E-state index in [4.69, 9.17) is 0 Å². The molecule has 0 atom stereocenters. The third kappa shape index (κ3) is 3.64. The number of hydrogen-bond donors (Lipinski definition) is 0. The van der Waals surface area contributed by atoms with Crippen molar-refractivity contribution in [2.75, 3.05) is 6.26 Å². The van der Waals surface area contributed by atoms with Gasteiger partial charge >= 0.3 is 10.3 Å². The Hall–Kier alpha value is -0.500. The molecule has 3 rings (SSSR count). The topological polar surface area (TPSA) is 0 Å². The Morgan fingerprint density at radius 3 is 2.24 bits per heavy atom. The maximum atomic E-state index is 13.1. The van der Waals surface area contributed by atoms with Crippen LogP contribution < -0.4 is 24.0 Å². The van der Waals surface area contributed by atoms with Gasteiger partial charge in [-0.1, -0.05) is 54.2 Å². The van der Waals surface area contributed by atoms with Crippen molar-refractivity contribution < 1.29 is 28.4 Å². The summed E-state index contributed by atoms with van der Waals surface area (Å²) in [6.45, 7) is 0. The molecule has 0 radical (unpaired) electrons. The lowest BCUT2D eigenvalue weighted by Crippen LogP contribution is -3.00. The molecule has 0 aliphatic rings. The van der Waals surface area contributed by atoms with Crippen LogP contribution in [0.3, 0.4) is 0 Å². The van der Waals surface area contributed by atoms with Crippen molar-refractivity contribution in [3.05, 3.63) is 60.4 Å². The summed E-state index contributed by atoms with van der Waals surface area (Å²) in [4.78, 5) is 1.21. The third-order valence-electron chi connectivity index (χ3n) is 2.99. The van der Waals surface area contributed by atoms with Crippen LogP contribution in [0.4, 0.5) is 4.39 Å². The van der Waals surface area contributed by atoms with Gasteiger partial charge < -0.3 is 24.0 Å². The van der Waals surface area contributed by atoms with Crippen LogP contribution >= 0.6 is 32.4 Å². The summed E-state index contributed by atoms with van der Waals surface area (Å²) in [7, 11) is 3.53. The molecule has 5 heteroatoms. The monoisotopic (exact) mass is 446 g/mol. The second-order valence-corrected chi connectivity index (χ2v) is 7.46. The molecular weight excluding hydrogens is 434 g/mol. The van der Waals surface area contributed by atoms with Crippen LogP contribution in [0, 0.1) is 5.82 Å². The summed E-state index contributed by atoms with van der Waals surface area (Å²) in [6.07, 6.45) is 2.10. The molecule has 2 aromatic carbocycles. The third-order valence-corrected chi connectivity index (χ3v) is 6.92. The van der Waals surface area contributed by atoms with Gasteiger partial charge in [0.2, 0.25) is 0 Å². The Labute approximate surface area is 152 Å². The summed E-state index contributed by atoms with van der Waals surface area (Å²) in [6, 6.07) is 17.1. The van der Waals surface area contributed by atoms with Crippen LogP contribution in [0.5, 0.6) is 0 Å². The van der Waals surface area contributed by atoms with Crippen LogP contribution in [0.1, 0.15) is 0 Å². The zero-order valence-electron chi connectivity index (χ0n) is 11.2. The first kappa shape index (κ1) is 16.9. The van der Waals surface area contributed by atoms with Crippen molar-refractivity contribution in [1.29, 1.82) is 0 Å². The van der Waals surface area contributed by atoms with E-state index in [0.717, 1.165) is 5.56 Å². The lowest BCUT2D eigenvalue weighted by molar-refractivity contribution is -0.00000433. The molecule has 1 aromatic heterocycles. The van der Waals surface area contributed by atoms with Gasteiger partial charge in [0.1, 0.15) is 10.7 Å². The molecule has 0 spiro atoms. The molecule has 0 saturated heterocycles. The minimum absolute atomic E-state index is 0. The fourth-order valence-corrected chi connectivity index (χ4v) is 6.05. The fourth-order valence-electron chi connectivity index (χ4n) is 2.04. The molecule has 0 fully saturated rings. The predicted octanol–water partition coefficient (Wildman–Crippen LogP) is 3.29. The van der Waals surface area contributed by atoms with Crippen LogP contribution in [0.25, 0.3) is 21.6 Å². The lowest BCUT2D eigenvalue weighted by atomic mass is 10.0. The van der Waals surface area contributed by atoms with Crippen molar-refractivity contribution in [3.8, 4) is 21.6 Å². The standard InChI is InChI=1S/C16H12FS3.HI/c1-18-16-14(11-5-3-2-4-6-11)15(19-20-16)12-7-9-13(17)10-8-12;/h2-10H,1H3;1H/q+1;/p-1. The Morgan fingerprint density at radius 2 is 1.62 bits per heavy atom. The molecule has 0 aliphatic carbocycles. The highest BCUT2D eigenvalue weighted by molar-refractivity contribution is 8.02. The summed E-state index contributed by atoms with van der Waals surface area (Å²) in [5, 5.41) is 0. The first-order valence-electron chi connectivity index (χ1n) is 6.11. The van der Waals surface area contributed by atoms with Gasteiger partial charge in [0.25, 0.3) is 4.21 Å². The van der Waals surface area contributed by atoms with E-state index >= 15 is 0 Å². The van der Waals surface area contributed by atoms with E-state index < -0.39 is 0 Å². The maximum Gasteiger partial charge on any atom is 0.308 e. The van der Waals surface area contributed by atoms with E-state index in [1.807, 2.05) is 18.2 Å². The van der Waals surface area contributed by atoms with E-state index in [-0.39, 0.29) is 29.8 Å². The molecule has 3 aromatic rings. The minimum atomic E-state index is -0.194. The molecular formula is C16H12FIS3. The van der Waals surface area contributed by atoms with E-state index in [1.54, 1.807) is 32.4 Å². The zero-order chi connectivity index (χ0) is 13.9. The fraction of sp³-hybridized carbons (Fsp3) is 0.0625. The highest BCUT2D eigenvalue weighted by Crippen LogP contribution is 2.47. The number of halogens is 2. The zero-order valence-corrected chi connectivity index (χ0v) is 15.8. The van der Waals surface area contributed by atoms with Gasteiger partial charge in [0.05, 0.1) is 5.56 Å². The molecule has 21 heavy (non-hydrogen) atoms. The highest BCUT2D eigenvalue weighted by atomic mass is 127. The van der Waals surface area contributed by atoms with E-state index in [9.17, 15) is 4.39 Å². The Kier molecular flexibility index (Phi) is 6.16. The highest BCUT2D eigenvalue weighted by Gasteiger charge is 2.25. The van der Waals surface area contributed by atoms with Crippen LogP contribution in [0.2, 0.25) is 0 Å². The summed E-state index contributed by atoms with van der Waals surface area (Å²) in [5.41, 5.74) is 3.56. The molecule has 0 bridgehead atoms. The smallest absolute Gasteiger partial charge is 0.308 e. The van der Waals surface area contributed by atoms with Crippen LogP contribution in [-0.4, -0.2) is 6.26 Å². The first-order chi connectivity index (χ1) is 9.79. The summed E-state index contributed by atoms with van der Waals surface area (Å²) >= 11 is 1.76. The van der Waals surface area contributed by atoms with Gasteiger partial charge in [-0.05, 0) is 29.5 Å². The van der Waals surface area contributed by atoms with Gasteiger partial charge in [-0.2, -0.15) is 0 Å². The second kappa shape index (κ2) is 7.67. The van der Waals surface area contributed by atoms with Gasteiger partial charge in [0, 0.05) is 0 Å². The van der Waals surface area contributed by atoms with E-state index in [2.05, 4.69) is 30.5 Å². The van der Waals surface area contributed by atoms with Crippen molar-refractivity contribution in [3.63, 3.8) is 0 Å². The minimum Gasteiger partial charge on any atom is -1.00 e. The molecule has 108 valence electrons. The average molecular weight is 446 g/mol. The molecule has 0 unspecified atom stereocenters.